The first-order chi connectivity index (χ1) is 8.75. The fourth-order valence-corrected chi connectivity index (χ4v) is 1.81. The molecule has 0 fully saturated rings. The fraction of sp³-hybridized carbons (Fsp3) is 0.0769. The zero-order valence-corrected chi connectivity index (χ0v) is 9.91. The van der Waals surface area contributed by atoms with E-state index >= 15 is 0 Å². The first-order valence-corrected chi connectivity index (χ1v) is 5.50. The fourth-order valence-electron chi connectivity index (χ4n) is 1.81. The number of hydrogen-bond acceptors (Lipinski definition) is 4. The van der Waals surface area contributed by atoms with Gasteiger partial charge in [-0.15, -0.1) is 0 Å². The predicted octanol–water partition coefficient (Wildman–Crippen LogP) is 1.89. The van der Waals surface area contributed by atoms with Crippen molar-refractivity contribution in [2.75, 3.05) is 0 Å². The van der Waals surface area contributed by atoms with Crippen molar-refractivity contribution in [2.24, 2.45) is 0 Å². The molecule has 18 heavy (non-hydrogen) atoms. The highest BCUT2D eigenvalue weighted by atomic mass is 15.1. The maximum atomic E-state index is 4.27. The van der Waals surface area contributed by atoms with Gasteiger partial charge in [0.1, 0.15) is 6.33 Å². The van der Waals surface area contributed by atoms with Crippen LogP contribution in [0.25, 0.3) is 11.4 Å². The van der Waals surface area contributed by atoms with Crippen LogP contribution in [0.3, 0.4) is 0 Å². The maximum absolute atomic E-state index is 4.27. The van der Waals surface area contributed by atoms with Crippen LogP contribution in [0.5, 0.6) is 0 Å². The molecule has 0 amide bonds. The number of rotatable bonds is 2. The molecular formula is C13H11N5. The monoisotopic (exact) mass is 237 g/mol. The number of imidazole rings is 1. The van der Waals surface area contributed by atoms with Crippen LogP contribution in [-0.4, -0.2) is 24.3 Å². The Morgan fingerprint density at radius 2 is 2.11 bits per heavy atom. The van der Waals surface area contributed by atoms with Crippen molar-refractivity contribution in [1.29, 1.82) is 0 Å². The van der Waals surface area contributed by atoms with Gasteiger partial charge in [-0.2, -0.15) is 0 Å². The van der Waals surface area contributed by atoms with E-state index in [0.29, 0.717) is 5.78 Å². The van der Waals surface area contributed by atoms with Crippen molar-refractivity contribution in [3.05, 3.63) is 60.7 Å². The molecule has 0 bridgehead atoms. The van der Waals surface area contributed by atoms with Crippen LogP contribution < -0.4 is 0 Å². The number of nitrogens with zero attached hydrogens (tertiary/aromatic N) is 5. The van der Waals surface area contributed by atoms with Crippen molar-refractivity contribution < 1.29 is 0 Å². The summed E-state index contributed by atoms with van der Waals surface area (Å²) in [4.78, 5) is 16.6. The summed E-state index contributed by atoms with van der Waals surface area (Å²) < 4.78 is 1.86. The molecule has 88 valence electrons. The second-order valence-corrected chi connectivity index (χ2v) is 3.98. The molecule has 3 aromatic heterocycles. The summed E-state index contributed by atoms with van der Waals surface area (Å²) in [6.45, 7) is 6.03. The van der Waals surface area contributed by atoms with Gasteiger partial charge in [0, 0.05) is 47.8 Å². The Bertz CT molecular complexity index is 729. The average Bonchev–Trinajstić information content (AvgIpc) is 2.85. The van der Waals surface area contributed by atoms with Gasteiger partial charge in [-0.25, -0.2) is 19.9 Å². The highest BCUT2D eigenvalue weighted by Gasteiger charge is 2.08. The van der Waals surface area contributed by atoms with Gasteiger partial charge in [0.2, 0.25) is 5.78 Å². The Morgan fingerprint density at radius 1 is 1.22 bits per heavy atom. The number of hydrogen-bond donors (Lipinski definition) is 0. The Hall–Kier alpha value is -2.56. The van der Waals surface area contributed by atoms with Crippen LogP contribution in [0, 0.1) is 6.92 Å². The molecule has 0 atom stereocenters. The van der Waals surface area contributed by atoms with Gasteiger partial charge in [-0.1, -0.05) is 6.58 Å². The molecule has 0 aliphatic heterocycles. The van der Waals surface area contributed by atoms with Crippen LogP contribution in [-0.2, 0) is 0 Å². The molecule has 0 radical (unpaired) electrons. The molecule has 0 saturated carbocycles. The van der Waals surface area contributed by atoms with Gasteiger partial charge in [0.15, 0.2) is 0 Å². The summed E-state index contributed by atoms with van der Waals surface area (Å²) in [6, 6.07) is 0. The zero-order valence-electron chi connectivity index (χ0n) is 9.91. The SMILES string of the molecule is C=C(c1cnc2nccn2c1)c1cncnc1C. The largest absolute Gasteiger partial charge is 0.291 e. The molecule has 0 aliphatic carbocycles. The molecule has 3 heterocycles. The van der Waals surface area contributed by atoms with Crippen molar-refractivity contribution in [3.8, 4) is 0 Å². The van der Waals surface area contributed by atoms with Crippen molar-refractivity contribution >= 4 is 11.4 Å². The highest BCUT2D eigenvalue weighted by molar-refractivity contribution is 5.78. The van der Waals surface area contributed by atoms with Gasteiger partial charge in [0.05, 0.1) is 0 Å². The summed E-state index contributed by atoms with van der Waals surface area (Å²) in [7, 11) is 0. The van der Waals surface area contributed by atoms with Crippen molar-refractivity contribution in [2.45, 2.75) is 6.92 Å². The lowest BCUT2D eigenvalue weighted by molar-refractivity contribution is 1.07. The lowest BCUT2D eigenvalue weighted by atomic mass is 10.0. The third kappa shape index (κ3) is 1.66. The van der Waals surface area contributed by atoms with Gasteiger partial charge in [-0.05, 0) is 12.5 Å². The number of fused-ring (bicyclic) bond motifs is 1. The quantitative estimate of drug-likeness (QED) is 0.683. The standard InChI is InChI=1S/C13H11N5/c1-9(12-6-14-8-17-10(12)2)11-5-16-13-15-3-4-18(13)7-11/h3-8H,1H2,2H3. The molecule has 0 aromatic carbocycles. The van der Waals surface area contributed by atoms with E-state index in [2.05, 4.69) is 26.5 Å². The Kier molecular flexibility index (Phi) is 2.37. The second kappa shape index (κ2) is 4.03. The molecule has 3 rings (SSSR count). The van der Waals surface area contributed by atoms with Gasteiger partial charge >= 0.3 is 0 Å². The van der Waals surface area contributed by atoms with E-state index in [1.807, 2.05) is 23.7 Å². The summed E-state index contributed by atoms with van der Waals surface area (Å²) in [6.07, 6.45) is 10.6. The average molecular weight is 237 g/mol. The molecule has 0 spiro atoms. The van der Waals surface area contributed by atoms with Crippen LogP contribution in [0.2, 0.25) is 0 Å². The maximum Gasteiger partial charge on any atom is 0.233 e. The van der Waals surface area contributed by atoms with Crippen LogP contribution >= 0.6 is 0 Å². The second-order valence-electron chi connectivity index (χ2n) is 3.98. The Labute approximate surface area is 104 Å². The lowest BCUT2D eigenvalue weighted by Crippen LogP contribution is -1.97. The molecule has 5 nitrogen and oxygen atoms in total. The molecule has 5 heteroatoms. The Morgan fingerprint density at radius 3 is 2.94 bits per heavy atom. The van der Waals surface area contributed by atoms with E-state index in [9.17, 15) is 0 Å². The van der Waals surface area contributed by atoms with Gasteiger partial charge in [-0.3, -0.25) is 4.40 Å². The van der Waals surface area contributed by atoms with E-state index < -0.39 is 0 Å². The van der Waals surface area contributed by atoms with Crippen molar-refractivity contribution in [1.82, 2.24) is 24.3 Å². The van der Waals surface area contributed by atoms with E-state index in [4.69, 9.17) is 0 Å². The van der Waals surface area contributed by atoms with Gasteiger partial charge in [0.25, 0.3) is 0 Å². The summed E-state index contributed by atoms with van der Waals surface area (Å²) in [5.74, 6) is 0.674. The van der Waals surface area contributed by atoms with E-state index in [1.54, 1.807) is 18.6 Å². The molecule has 0 aliphatic rings. The number of aryl methyl sites for hydroxylation is 1. The normalized spacial score (nSPS) is 10.7. The minimum Gasteiger partial charge on any atom is -0.291 e. The van der Waals surface area contributed by atoms with Crippen LogP contribution in [0.4, 0.5) is 0 Å². The molecule has 0 N–H and O–H groups in total. The first-order valence-electron chi connectivity index (χ1n) is 5.50. The van der Waals surface area contributed by atoms with E-state index in [-0.39, 0.29) is 0 Å². The minimum absolute atomic E-state index is 0.674. The molecule has 0 saturated heterocycles. The summed E-state index contributed by atoms with van der Waals surface area (Å²) >= 11 is 0. The van der Waals surface area contributed by atoms with Gasteiger partial charge < -0.3 is 0 Å². The molecule has 0 unspecified atom stereocenters. The molecular weight excluding hydrogens is 226 g/mol. The third-order valence-corrected chi connectivity index (χ3v) is 2.83. The van der Waals surface area contributed by atoms with E-state index in [1.165, 1.54) is 6.33 Å². The topological polar surface area (TPSA) is 56.0 Å². The third-order valence-electron chi connectivity index (χ3n) is 2.83. The zero-order chi connectivity index (χ0) is 12.5. The molecule has 3 aromatic rings. The lowest BCUT2D eigenvalue weighted by Gasteiger charge is -2.07. The highest BCUT2D eigenvalue weighted by Crippen LogP contribution is 2.21. The van der Waals surface area contributed by atoms with Crippen molar-refractivity contribution in [3.63, 3.8) is 0 Å². The number of aromatic nitrogens is 5. The summed E-state index contributed by atoms with van der Waals surface area (Å²) in [5.41, 5.74) is 3.62. The Balaban J connectivity index is 2.09. The summed E-state index contributed by atoms with van der Waals surface area (Å²) in [5, 5.41) is 0. The first kappa shape index (κ1) is 10.6. The van der Waals surface area contributed by atoms with Crippen LogP contribution in [0.1, 0.15) is 16.8 Å². The van der Waals surface area contributed by atoms with Crippen LogP contribution in [0.15, 0.2) is 43.9 Å². The predicted molar refractivity (Wildman–Crippen MR) is 67.9 cm³/mol. The van der Waals surface area contributed by atoms with E-state index in [0.717, 1.165) is 22.4 Å². The smallest absolute Gasteiger partial charge is 0.233 e. The minimum atomic E-state index is 0.674.